The Bertz CT molecular complexity index is 2370. The fourth-order valence-corrected chi connectivity index (χ4v) is 6.33. The van der Waals surface area contributed by atoms with Gasteiger partial charge < -0.3 is 49.5 Å². The van der Waals surface area contributed by atoms with Gasteiger partial charge in [-0.3, -0.25) is 4.72 Å². The van der Waals surface area contributed by atoms with Crippen LogP contribution in [-0.4, -0.2) is 83.5 Å². The van der Waals surface area contributed by atoms with Crippen LogP contribution in [0.1, 0.15) is 33.3 Å². The first-order valence-electron chi connectivity index (χ1n) is 18.6. The monoisotopic (exact) mass is 831 g/mol. The number of carbonyl (C=O) groups is 2. The lowest BCUT2D eigenvalue weighted by molar-refractivity contribution is -0.142. The molecule has 0 bridgehead atoms. The van der Waals surface area contributed by atoms with Crippen LogP contribution in [0.2, 0.25) is 0 Å². The number of anilines is 5. The molecule has 0 radical (unpaired) electrons. The second-order valence-corrected chi connectivity index (χ2v) is 16.0. The SMILES string of the molecule is CCS(=O)(=O)Nc1cc(C(C)(C)C)cc(NC(=O)Nc2ccc(Oc3ccnc(Nc4cc(OC)cc(OCCOCCOCC(=O)O)c4)c3)c3ccccc23)c1OC. The highest BCUT2D eigenvalue weighted by Crippen LogP contribution is 2.40. The Morgan fingerprint density at radius 2 is 1.46 bits per heavy atom. The van der Waals surface area contributed by atoms with Gasteiger partial charge in [0, 0.05) is 46.9 Å². The number of benzene rings is 4. The van der Waals surface area contributed by atoms with Crippen molar-refractivity contribution in [1.29, 1.82) is 0 Å². The number of pyridine rings is 1. The number of hydrogen-bond donors (Lipinski definition) is 5. The minimum Gasteiger partial charge on any atom is -0.497 e. The zero-order valence-electron chi connectivity index (χ0n) is 33.7. The summed E-state index contributed by atoms with van der Waals surface area (Å²) < 4.78 is 61.3. The molecule has 0 saturated carbocycles. The average molecular weight is 832 g/mol. The maximum absolute atomic E-state index is 13.6. The third-order valence-corrected chi connectivity index (χ3v) is 9.92. The molecular formula is C42H49N5O11S. The van der Waals surface area contributed by atoms with Crippen molar-refractivity contribution < 1.29 is 51.5 Å². The highest BCUT2D eigenvalue weighted by Gasteiger charge is 2.23. The van der Waals surface area contributed by atoms with Gasteiger partial charge in [-0.05, 0) is 48.2 Å². The average Bonchev–Trinajstić information content (AvgIpc) is 3.19. The molecule has 314 valence electrons. The minimum absolute atomic E-state index is 0.136. The van der Waals surface area contributed by atoms with Gasteiger partial charge in [-0.25, -0.2) is 23.0 Å². The quantitative estimate of drug-likeness (QED) is 0.0473. The smallest absolute Gasteiger partial charge is 0.329 e. The third kappa shape index (κ3) is 12.6. The molecule has 1 heterocycles. The van der Waals surface area contributed by atoms with Gasteiger partial charge in [0.1, 0.15) is 42.0 Å². The number of nitrogens with one attached hydrogen (secondary N) is 4. The van der Waals surface area contributed by atoms with Crippen molar-refractivity contribution in [1.82, 2.24) is 4.98 Å². The Kier molecular flexibility index (Phi) is 14.8. The number of hydrogen-bond acceptors (Lipinski definition) is 12. The van der Waals surface area contributed by atoms with Crippen LogP contribution < -0.4 is 39.6 Å². The Labute approximate surface area is 343 Å². The molecule has 59 heavy (non-hydrogen) atoms. The molecule has 1 aromatic heterocycles. The van der Waals surface area contributed by atoms with E-state index in [1.54, 1.807) is 67.9 Å². The molecule has 0 aliphatic rings. The van der Waals surface area contributed by atoms with Gasteiger partial charge in [-0.1, -0.05) is 45.0 Å². The van der Waals surface area contributed by atoms with E-state index in [0.29, 0.717) is 51.3 Å². The second kappa shape index (κ2) is 19.9. The summed E-state index contributed by atoms with van der Waals surface area (Å²) in [5.74, 6) is 1.59. The number of aromatic nitrogens is 1. The van der Waals surface area contributed by atoms with Gasteiger partial charge in [0.15, 0.2) is 5.75 Å². The standard InChI is InChI=1S/C42H49N5O11S/c1-7-59(51,52)47-36-21-27(42(2,3)4)20-35(40(36)54-6)46-41(50)45-34-12-13-37(33-11-9-8-10-32(33)34)58-29-14-15-43-38(25-29)44-28-22-30(53-5)24-31(23-28)57-19-18-55-16-17-56-26-39(48)49/h8-15,20-25,47H,7,16-19,26H2,1-6H3,(H,43,44)(H,48,49)(H2,45,46,50). The summed E-state index contributed by atoms with van der Waals surface area (Å²) in [5, 5.41) is 19.1. The van der Waals surface area contributed by atoms with Gasteiger partial charge in [0.05, 0.1) is 56.9 Å². The van der Waals surface area contributed by atoms with Gasteiger partial charge in [-0.2, -0.15) is 0 Å². The number of amides is 2. The van der Waals surface area contributed by atoms with E-state index in [1.165, 1.54) is 14.0 Å². The summed E-state index contributed by atoms with van der Waals surface area (Å²) in [5.41, 5.74) is 2.07. The van der Waals surface area contributed by atoms with Crippen molar-refractivity contribution in [3.8, 4) is 28.7 Å². The van der Waals surface area contributed by atoms with E-state index in [1.807, 2.05) is 45.0 Å². The Balaban J connectivity index is 1.29. The van der Waals surface area contributed by atoms with Crippen LogP contribution in [0.3, 0.4) is 0 Å². The number of carbonyl (C=O) groups excluding carboxylic acids is 1. The number of rotatable bonds is 20. The third-order valence-electron chi connectivity index (χ3n) is 8.63. The number of sulfonamides is 1. The molecule has 0 saturated heterocycles. The largest absolute Gasteiger partial charge is 0.497 e. The number of carboxylic acid groups (broad SMARTS) is 1. The molecule has 17 heteroatoms. The van der Waals surface area contributed by atoms with Crippen molar-refractivity contribution in [2.24, 2.45) is 0 Å². The summed E-state index contributed by atoms with van der Waals surface area (Å²) in [6, 6.07) is 22.6. The van der Waals surface area contributed by atoms with E-state index in [4.69, 9.17) is 33.5 Å². The fraction of sp³-hybridized carbons (Fsp3) is 0.310. The maximum Gasteiger partial charge on any atom is 0.329 e. The van der Waals surface area contributed by atoms with E-state index >= 15 is 0 Å². The maximum atomic E-state index is 13.6. The van der Waals surface area contributed by atoms with Crippen LogP contribution in [0.15, 0.2) is 85.1 Å². The summed E-state index contributed by atoms with van der Waals surface area (Å²) in [6.45, 7) is 8.02. The van der Waals surface area contributed by atoms with E-state index in [0.717, 1.165) is 10.9 Å². The number of fused-ring (bicyclic) bond motifs is 1. The fourth-order valence-electron chi connectivity index (χ4n) is 5.70. The molecule has 5 aromatic rings. The lowest BCUT2D eigenvalue weighted by Gasteiger charge is -2.24. The van der Waals surface area contributed by atoms with Gasteiger partial charge >= 0.3 is 12.0 Å². The highest BCUT2D eigenvalue weighted by atomic mass is 32.2. The lowest BCUT2D eigenvalue weighted by Crippen LogP contribution is -2.22. The Morgan fingerprint density at radius 1 is 0.763 bits per heavy atom. The molecule has 0 fully saturated rings. The molecule has 0 aliphatic heterocycles. The first-order chi connectivity index (χ1) is 28.2. The molecule has 0 aliphatic carbocycles. The van der Waals surface area contributed by atoms with Crippen LogP contribution >= 0.6 is 0 Å². The number of ether oxygens (including phenoxy) is 6. The van der Waals surface area contributed by atoms with E-state index < -0.39 is 22.0 Å². The van der Waals surface area contributed by atoms with Gasteiger partial charge in [-0.15, -0.1) is 0 Å². The minimum atomic E-state index is -3.64. The zero-order chi connectivity index (χ0) is 42.6. The molecule has 2 amide bonds. The number of urea groups is 1. The highest BCUT2D eigenvalue weighted by molar-refractivity contribution is 7.92. The van der Waals surface area contributed by atoms with Crippen LogP contribution in [0, 0.1) is 0 Å². The Hall–Kier alpha value is -6.30. The van der Waals surface area contributed by atoms with Gasteiger partial charge in [0.2, 0.25) is 10.0 Å². The van der Waals surface area contributed by atoms with Crippen LogP contribution in [0.25, 0.3) is 10.8 Å². The molecule has 16 nitrogen and oxygen atoms in total. The van der Waals surface area contributed by atoms with Crippen LogP contribution in [0.5, 0.6) is 28.7 Å². The molecule has 4 aromatic carbocycles. The normalized spacial score (nSPS) is 11.4. The molecule has 0 spiro atoms. The predicted molar refractivity (Wildman–Crippen MR) is 227 cm³/mol. The number of nitrogens with zero attached hydrogens (tertiary/aromatic N) is 1. The molecule has 5 N–H and O–H groups in total. The van der Waals surface area contributed by atoms with E-state index in [9.17, 15) is 18.0 Å². The first-order valence-corrected chi connectivity index (χ1v) is 20.3. The summed E-state index contributed by atoms with van der Waals surface area (Å²) in [7, 11) is -0.686. The van der Waals surface area contributed by atoms with E-state index in [2.05, 4.69) is 25.7 Å². The van der Waals surface area contributed by atoms with Crippen molar-refractivity contribution >= 4 is 61.4 Å². The van der Waals surface area contributed by atoms with Crippen molar-refractivity contribution in [2.75, 3.05) is 73.7 Å². The lowest BCUT2D eigenvalue weighted by atomic mass is 9.86. The Morgan fingerprint density at radius 3 is 2.17 bits per heavy atom. The number of aliphatic carboxylic acids is 1. The molecular weight excluding hydrogens is 783 g/mol. The van der Waals surface area contributed by atoms with Gasteiger partial charge in [0.25, 0.3) is 0 Å². The summed E-state index contributed by atoms with van der Waals surface area (Å²) >= 11 is 0. The van der Waals surface area contributed by atoms with Crippen molar-refractivity contribution in [2.45, 2.75) is 33.1 Å². The van der Waals surface area contributed by atoms with Crippen molar-refractivity contribution in [3.05, 3.63) is 90.6 Å². The van der Waals surface area contributed by atoms with Crippen molar-refractivity contribution in [3.63, 3.8) is 0 Å². The summed E-state index contributed by atoms with van der Waals surface area (Å²) in [6.07, 6.45) is 1.61. The molecule has 0 unspecified atom stereocenters. The molecule has 0 atom stereocenters. The number of methoxy groups -OCH3 is 2. The first kappa shape index (κ1) is 43.8. The summed E-state index contributed by atoms with van der Waals surface area (Å²) in [4.78, 5) is 28.5. The topological polar surface area (TPSA) is 205 Å². The molecule has 5 rings (SSSR count). The van der Waals surface area contributed by atoms with E-state index in [-0.39, 0.29) is 55.6 Å². The second-order valence-electron chi connectivity index (χ2n) is 14.0. The zero-order valence-corrected chi connectivity index (χ0v) is 34.5. The predicted octanol–water partition coefficient (Wildman–Crippen LogP) is 7.99. The van der Waals surface area contributed by atoms with Crippen LogP contribution in [0.4, 0.5) is 33.4 Å². The number of carboxylic acids is 1. The van der Waals surface area contributed by atoms with Crippen LogP contribution in [-0.2, 0) is 29.7 Å².